The number of benzene rings is 3. The third-order valence-corrected chi connectivity index (χ3v) is 4.39. The number of rotatable bonds is 8. The number of amides is 1. The Bertz CT molecular complexity index is 950. The Balaban J connectivity index is 1.75. The summed E-state index contributed by atoms with van der Waals surface area (Å²) in [7, 11) is 1.60. The van der Waals surface area contributed by atoms with Crippen LogP contribution < -0.4 is 19.5 Å². The van der Waals surface area contributed by atoms with Crippen molar-refractivity contribution in [1.82, 2.24) is 0 Å². The van der Waals surface area contributed by atoms with Crippen molar-refractivity contribution < 1.29 is 19.0 Å². The molecule has 3 rings (SSSR count). The maximum absolute atomic E-state index is 12.7. The standard InChI is InChI=1S/C24H25NO4/c1-4-28-23-14-7-18(24(26)25-20-8-12-21(27-3)13-9-20)15-19(23)16-29-22-10-5-17(2)6-11-22/h5-15H,4,16H2,1-3H3,(H,25,26). The second-order valence-corrected chi connectivity index (χ2v) is 6.54. The van der Waals surface area contributed by atoms with E-state index in [4.69, 9.17) is 14.2 Å². The Kier molecular flexibility index (Phi) is 6.74. The van der Waals surface area contributed by atoms with Gasteiger partial charge >= 0.3 is 0 Å². The fraction of sp³-hybridized carbons (Fsp3) is 0.208. The zero-order valence-corrected chi connectivity index (χ0v) is 16.9. The Labute approximate surface area is 171 Å². The first kappa shape index (κ1) is 20.3. The monoisotopic (exact) mass is 391 g/mol. The van der Waals surface area contributed by atoms with E-state index in [2.05, 4.69) is 5.32 Å². The van der Waals surface area contributed by atoms with Gasteiger partial charge in [-0.2, -0.15) is 0 Å². The minimum absolute atomic E-state index is 0.199. The molecular weight excluding hydrogens is 366 g/mol. The zero-order chi connectivity index (χ0) is 20.6. The van der Waals surface area contributed by atoms with E-state index in [1.165, 1.54) is 5.56 Å². The quantitative estimate of drug-likeness (QED) is 0.571. The van der Waals surface area contributed by atoms with Crippen molar-refractivity contribution in [2.75, 3.05) is 19.0 Å². The molecule has 0 fully saturated rings. The van der Waals surface area contributed by atoms with Gasteiger partial charge in [0.15, 0.2) is 0 Å². The van der Waals surface area contributed by atoms with Crippen molar-refractivity contribution in [3.05, 3.63) is 83.4 Å². The molecule has 0 aliphatic rings. The molecule has 0 radical (unpaired) electrons. The van der Waals surface area contributed by atoms with Gasteiger partial charge in [-0.15, -0.1) is 0 Å². The lowest BCUT2D eigenvalue weighted by Gasteiger charge is -2.14. The number of ether oxygens (including phenoxy) is 3. The lowest BCUT2D eigenvalue weighted by atomic mass is 10.1. The van der Waals surface area contributed by atoms with Crippen LogP contribution in [0.25, 0.3) is 0 Å². The molecule has 0 bridgehead atoms. The number of aryl methyl sites for hydroxylation is 1. The minimum atomic E-state index is -0.199. The van der Waals surface area contributed by atoms with E-state index in [0.29, 0.717) is 30.2 Å². The van der Waals surface area contributed by atoms with Gasteiger partial charge in [-0.25, -0.2) is 0 Å². The predicted molar refractivity (Wildman–Crippen MR) is 114 cm³/mol. The summed E-state index contributed by atoms with van der Waals surface area (Å²) in [6, 6.07) is 20.4. The maximum Gasteiger partial charge on any atom is 0.255 e. The molecule has 0 heterocycles. The van der Waals surface area contributed by atoms with E-state index in [1.807, 2.05) is 38.1 Å². The highest BCUT2D eigenvalue weighted by atomic mass is 16.5. The van der Waals surface area contributed by atoms with Crippen LogP contribution >= 0.6 is 0 Å². The molecule has 0 spiro atoms. The lowest BCUT2D eigenvalue weighted by molar-refractivity contribution is 0.102. The van der Waals surface area contributed by atoms with Crippen LogP contribution in [0.4, 0.5) is 5.69 Å². The van der Waals surface area contributed by atoms with Crippen LogP contribution in [0.15, 0.2) is 66.7 Å². The zero-order valence-electron chi connectivity index (χ0n) is 16.9. The van der Waals surface area contributed by atoms with Crippen molar-refractivity contribution in [3.63, 3.8) is 0 Å². The topological polar surface area (TPSA) is 56.8 Å². The number of methoxy groups -OCH3 is 1. The Morgan fingerprint density at radius 2 is 1.59 bits per heavy atom. The summed E-state index contributed by atoms with van der Waals surface area (Å²) in [5, 5.41) is 2.89. The lowest BCUT2D eigenvalue weighted by Crippen LogP contribution is -2.13. The highest BCUT2D eigenvalue weighted by Gasteiger charge is 2.12. The van der Waals surface area contributed by atoms with Crippen LogP contribution in [0.3, 0.4) is 0 Å². The van der Waals surface area contributed by atoms with E-state index in [0.717, 1.165) is 17.1 Å². The molecule has 0 atom stereocenters. The highest BCUT2D eigenvalue weighted by molar-refractivity contribution is 6.04. The van der Waals surface area contributed by atoms with Crippen LogP contribution in [0.1, 0.15) is 28.4 Å². The molecule has 0 saturated carbocycles. The number of carbonyl (C=O) groups excluding carboxylic acids is 1. The fourth-order valence-corrected chi connectivity index (χ4v) is 2.80. The highest BCUT2D eigenvalue weighted by Crippen LogP contribution is 2.24. The third kappa shape index (κ3) is 5.51. The number of hydrogen-bond acceptors (Lipinski definition) is 4. The summed E-state index contributed by atoms with van der Waals surface area (Å²) in [4.78, 5) is 12.7. The molecule has 3 aromatic rings. The van der Waals surface area contributed by atoms with Gasteiger partial charge in [-0.1, -0.05) is 17.7 Å². The van der Waals surface area contributed by atoms with Crippen LogP contribution in [-0.4, -0.2) is 19.6 Å². The predicted octanol–water partition coefficient (Wildman–Crippen LogP) is 5.23. The van der Waals surface area contributed by atoms with Gasteiger partial charge in [0.25, 0.3) is 5.91 Å². The number of carbonyl (C=O) groups is 1. The number of nitrogens with one attached hydrogen (secondary N) is 1. The summed E-state index contributed by atoms with van der Waals surface area (Å²) in [6.45, 7) is 4.80. The second kappa shape index (κ2) is 9.64. The van der Waals surface area contributed by atoms with Crippen LogP contribution in [-0.2, 0) is 6.61 Å². The van der Waals surface area contributed by atoms with Gasteiger partial charge in [0.05, 0.1) is 13.7 Å². The fourth-order valence-electron chi connectivity index (χ4n) is 2.80. The van der Waals surface area contributed by atoms with Gasteiger partial charge in [0.1, 0.15) is 23.9 Å². The van der Waals surface area contributed by atoms with Gasteiger partial charge in [0.2, 0.25) is 0 Å². The molecule has 150 valence electrons. The van der Waals surface area contributed by atoms with E-state index >= 15 is 0 Å². The molecule has 0 aliphatic heterocycles. The second-order valence-electron chi connectivity index (χ2n) is 6.54. The first-order chi connectivity index (χ1) is 14.1. The van der Waals surface area contributed by atoms with Gasteiger partial charge in [0, 0.05) is 16.8 Å². The first-order valence-electron chi connectivity index (χ1n) is 9.49. The smallest absolute Gasteiger partial charge is 0.255 e. The Morgan fingerprint density at radius 3 is 2.24 bits per heavy atom. The maximum atomic E-state index is 12.7. The average Bonchev–Trinajstić information content (AvgIpc) is 2.75. The van der Waals surface area contributed by atoms with Crippen molar-refractivity contribution in [2.24, 2.45) is 0 Å². The van der Waals surface area contributed by atoms with Crippen molar-refractivity contribution in [1.29, 1.82) is 0 Å². The molecular formula is C24H25NO4. The normalized spacial score (nSPS) is 10.3. The van der Waals surface area contributed by atoms with Crippen LogP contribution in [0.2, 0.25) is 0 Å². The molecule has 0 saturated heterocycles. The molecule has 5 nitrogen and oxygen atoms in total. The van der Waals surface area contributed by atoms with Gasteiger partial charge < -0.3 is 19.5 Å². The van der Waals surface area contributed by atoms with Crippen molar-refractivity contribution in [3.8, 4) is 17.2 Å². The minimum Gasteiger partial charge on any atom is -0.497 e. The van der Waals surface area contributed by atoms with Gasteiger partial charge in [-0.05, 0) is 68.4 Å². The van der Waals surface area contributed by atoms with E-state index in [1.54, 1.807) is 49.6 Å². The van der Waals surface area contributed by atoms with Crippen LogP contribution in [0.5, 0.6) is 17.2 Å². The molecule has 0 aliphatic carbocycles. The summed E-state index contributed by atoms with van der Waals surface area (Å²) in [5.74, 6) is 2.01. The molecule has 3 aromatic carbocycles. The van der Waals surface area contributed by atoms with E-state index in [-0.39, 0.29) is 5.91 Å². The SMILES string of the molecule is CCOc1ccc(C(=O)Nc2ccc(OC)cc2)cc1COc1ccc(C)cc1. The molecule has 0 unspecified atom stereocenters. The number of anilines is 1. The summed E-state index contributed by atoms with van der Waals surface area (Å²) in [6.07, 6.45) is 0. The summed E-state index contributed by atoms with van der Waals surface area (Å²) in [5.41, 5.74) is 3.22. The van der Waals surface area contributed by atoms with E-state index < -0.39 is 0 Å². The molecule has 1 N–H and O–H groups in total. The third-order valence-electron chi connectivity index (χ3n) is 4.39. The van der Waals surface area contributed by atoms with Crippen molar-refractivity contribution >= 4 is 11.6 Å². The van der Waals surface area contributed by atoms with Crippen LogP contribution in [0, 0.1) is 6.92 Å². The molecule has 5 heteroatoms. The van der Waals surface area contributed by atoms with Gasteiger partial charge in [-0.3, -0.25) is 4.79 Å². The molecule has 29 heavy (non-hydrogen) atoms. The first-order valence-corrected chi connectivity index (χ1v) is 9.49. The summed E-state index contributed by atoms with van der Waals surface area (Å²) < 4.78 is 16.7. The summed E-state index contributed by atoms with van der Waals surface area (Å²) >= 11 is 0. The Hall–Kier alpha value is -3.47. The molecule has 0 aromatic heterocycles. The molecule has 1 amide bonds. The van der Waals surface area contributed by atoms with Crippen molar-refractivity contribution in [2.45, 2.75) is 20.5 Å². The average molecular weight is 391 g/mol. The largest absolute Gasteiger partial charge is 0.497 e. The number of hydrogen-bond donors (Lipinski definition) is 1. The van der Waals surface area contributed by atoms with E-state index in [9.17, 15) is 4.79 Å². The Morgan fingerprint density at radius 1 is 0.897 bits per heavy atom.